The minimum absolute atomic E-state index is 0.356. The third-order valence-corrected chi connectivity index (χ3v) is 2.82. The van der Waals surface area contributed by atoms with E-state index in [1.54, 1.807) is 6.20 Å². The summed E-state index contributed by atoms with van der Waals surface area (Å²) in [5.41, 5.74) is 1.33. The second kappa shape index (κ2) is 5.84. The molecule has 1 heterocycles. The molecule has 0 saturated heterocycles. The lowest BCUT2D eigenvalue weighted by Gasteiger charge is -2.11. The van der Waals surface area contributed by atoms with Gasteiger partial charge >= 0.3 is 0 Å². The predicted octanol–water partition coefficient (Wildman–Crippen LogP) is 3.75. The largest absolute Gasteiger partial charge is 0.354 e. The van der Waals surface area contributed by atoms with Gasteiger partial charge in [-0.3, -0.25) is 0 Å². The third-order valence-electron chi connectivity index (χ3n) is 2.49. The number of anilines is 3. The van der Waals surface area contributed by atoms with Gasteiger partial charge in [-0.1, -0.05) is 11.6 Å². The van der Waals surface area contributed by atoms with Crippen molar-refractivity contribution in [3.8, 4) is 0 Å². The molecule has 0 radical (unpaired) electrons. The fourth-order valence-electron chi connectivity index (χ4n) is 1.53. The fraction of sp³-hybridized carbons (Fsp3) is 0.231. The monoisotopic (exact) mass is 280 g/mol. The van der Waals surface area contributed by atoms with Crippen molar-refractivity contribution in [2.75, 3.05) is 17.2 Å². The van der Waals surface area contributed by atoms with E-state index in [9.17, 15) is 4.39 Å². The van der Waals surface area contributed by atoms with Gasteiger partial charge in [-0.05, 0) is 32.0 Å². The van der Waals surface area contributed by atoms with E-state index in [1.807, 2.05) is 13.8 Å². The zero-order chi connectivity index (χ0) is 13.8. The Kier molecular flexibility index (Phi) is 4.16. The number of aromatic nitrogens is 2. The maximum absolute atomic E-state index is 13.2. The van der Waals surface area contributed by atoms with Crippen LogP contribution in [-0.2, 0) is 0 Å². The van der Waals surface area contributed by atoms with Crippen LogP contribution in [-0.4, -0.2) is 16.5 Å². The molecule has 2 aromatic rings. The standard InChI is InChI=1S/C13H14ClFN4/c1-3-16-13-17-7-8(2)12(19-13)18-11-6-9(15)4-5-10(11)14/h4-7H,3H2,1-2H3,(H2,16,17,18,19). The smallest absolute Gasteiger partial charge is 0.224 e. The van der Waals surface area contributed by atoms with Crippen LogP contribution in [0.15, 0.2) is 24.4 Å². The molecule has 0 bridgehead atoms. The van der Waals surface area contributed by atoms with Crippen molar-refractivity contribution in [3.63, 3.8) is 0 Å². The molecule has 2 N–H and O–H groups in total. The first-order valence-corrected chi connectivity index (χ1v) is 6.27. The molecule has 0 atom stereocenters. The summed E-state index contributed by atoms with van der Waals surface area (Å²) in [6.07, 6.45) is 1.69. The molecule has 0 aliphatic carbocycles. The number of hydrogen-bond acceptors (Lipinski definition) is 4. The predicted molar refractivity (Wildman–Crippen MR) is 75.6 cm³/mol. The number of benzene rings is 1. The Hall–Kier alpha value is -1.88. The molecular weight excluding hydrogens is 267 g/mol. The van der Waals surface area contributed by atoms with Gasteiger partial charge in [-0.25, -0.2) is 9.37 Å². The van der Waals surface area contributed by atoms with E-state index in [1.165, 1.54) is 18.2 Å². The van der Waals surface area contributed by atoms with Gasteiger partial charge in [0, 0.05) is 18.3 Å². The minimum Gasteiger partial charge on any atom is -0.354 e. The summed E-state index contributed by atoms with van der Waals surface area (Å²) >= 11 is 6.01. The van der Waals surface area contributed by atoms with Gasteiger partial charge < -0.3 is 10.6 Å². The Balaban J connectivity index is 2.31. The molecule has 2 rings (SSSR count). The molecule has 0 amide bonds. The molecule has 19 heavy (non-hydrogen) atoms. The Bertz CT molecular complexity index is 589. The number of rotatable bonds is 4. The van der Waals surface area contributed by atoms with E-state index in [-0.39, 0.29) is 5.82 Å². The Morgan fingerprint density at radius 3 is 2.89 bits per heavy atom. The van der Waals surface area contributed by atoms with E-state index in [0.717, 1.165) is 12.1 Å². The average Bonchev–Trinajstić information content (AvgIpc) is 2.38. The summed E-state index contributed by atoms with van der Waals surface area (Å²) in [5, 5.41) is 6.47. The normalized spacial score (nSPS) is 10.3. The average molecular weight is 281 g/mol. The Morgan fingerprint density at radius 2 is 2.16 bits per heavy atom. The number of nitrogens with one attached hydrogen (secondary N) is 2. The van der Waals surface area contributed by atoms with Gasteiger partial charge in [0.25, 0.3) is 0 Å². The summed E-state index contributed by atoms with van der Waals surface area (Å²) in [6, 6.07) is 4.14. The molecule has 0 aliphatic rings. The molecule has 1 aromatic carbocycles. The highest BCUT2D eigenvalue weighted by atomic mass is 35.5. The van der Waals surface area contributed by atoms with Gasteiger partial charge in [-0.2, -0.15) is 4.98 Å². The molecule has 0 aliphatic heterocycles. The van der Waals surface area contributed by atoms with Crippen LogP contribution in [0.4, 0.5) is 21.8 Å². The van der Waals surface area contributed by atoms with Crippen LogP contribution < -0.4 is 10.6 Å². The molecule has 0 unspecified atom stereocenters. The van der Waals surface area contributed by atoms with Crippen LogP contribution in [0.1, 0.15) is 12.5 Å². The zero-order valence-corrected chi connectivity index (χ0v) is 11.4. The maximum Gasteiger partial charge on any atom is 0.224 e. The molecule has 4 nitrogen and oxygen atoms in total. The topological polar surface area (TPSA) is 49.8 Å². The van der Waals surface area contributed by atoms with Crippen molar-refractivity contribution in [2.45, 2.75) is 13.8 Å². The zero-order valence-electron chi connectivity index (χ0n) is 10.7. The number of halogens is 2. The van der Waals surface area contributed by atoms with Crippen LogP contribution in [0.5, 0.6) is 0 Å². The van der Waals surface area contributed by atoms with Crippen LogP contribution in [0, 0.1) is 12.7 Å². The highest BCUT2D eigenvalue weighted by molar-refractivity contribution is 6.33. The molecule has 100 valence electrons. The molecule has 0 fully saturated rings. The van der Waals surface area contributed by atoms with Gasteiger partial charge in [0.2, 0.25) is 5.95 Å². The van der Waals surface area contributed by atoms with E-state index in [0.29, 0.717) is 22.5 Å². The van der Waals surface area contributed by atoms with E-state index < -0.39 is 0 Å². The molecule has 0 spiro atoms. The number of nitrogens with zero attached hydrogens (tertiary/aromatic N) is 2. The summed E-state index contributed by atoms with van der Waals surface area (Å²) in [6.45, 7) is 4.55. The van der Waals surface area contributed by atoms with Gasteiger partial charge in [0.15, 0.2) is 0 Å². The van der Waals surface area contributed by atoms with Crippen molar-refractivity contribution < 1.29 is 4.39 Å². The van der Waals surface area contributed by atoms with Crippen molar-refractivity contribution in [2.24, 2.45) is 0 Å². The fourth-order valence-corrected chi connectivity index (χ4v) is 1.70. The molecule has 1 aromatic heterocycles. The van der Waals surface area contributed by atoms with Crippen LogP contribution in [0.25, 0.3) is 0 Å². The van der Waals surface area contributed by atoms with Crippen LogP contribution in [0.2, 0.25) is 5.02 Å². The first-order valence-electron chi connectivity index (χ1n) is 5.89. The lowest BCUT2D eigenvalue weighted by atomic mass is 10.3. The van der Waals surface area contributed by atoms with Gasteiger partial charge in [0.1, 0.15) is 11.6 Å². The second-order valence-corrected chi connectivity index (χ2v) is 4.41. The molecule has 0 saturated carbocycles. The quantitative estimate of drug-likeness (QED) is 0.895. The first kappa shape index (κ1) is 13.5. The molecular formula is C13H14ClFN4. The van der Waals surface area contributed by atoms with E-state index in [4.69, 9.17) is 11.6 Å². The van der Waals surface area contributed by atoms with Gasteiger partial charge in [0.05, 0.1) is 10.7 Å². The lowest BCUT2D eigenvalue weighted by Crippen LogP contribution is -2.05. The maximum atomic E-state index is 13.2. The van der Waals surface area contributed by atoms with Crippen LogP contribution in [0.3, 0.4) is 0 Å². The minimum atomic E-state index is -0.356. The third kappa shape index (κ3) is 3.32. The van der Waals surface area contributed by atoms with Crippen molar-refractivity contribution >= 4 is 29.1 Å². The number of hydrogen-bond donors (Lipinski definition) is 2. The SMILES string of the molecule is CCNc1ncc(C)c(Nc2cc(F)ccc2Cl)n1. The Labute approximate surface area is 116 Å². The summed E-state index contributed by atoms with van der Waals surface area (Å²) in [5.74, 6) is 0.757. The summed E-state index contributed by atoms with van der Waals surface area (Å²) in [4.78, 5) is 8.45. The first-order chi connectivity index (χ1) is 9.10. The highest BCUT2D eigenvalue weighted by Gasteiger charge is 2.07. The molecule has 6 heteroatoms. The van der Waals surface area contributed by atoms with E-state index >= 15 is 0 Å². The van der Waals surface area contributed by atoms with Gasteiger partial charge in [-0.15, -0.1) is 0 Å². The summed E-state index contributed by atoms with van der Waals surface area (Å²) in [7, 11) is 0. The second-order valence-electron chi connectivity index (χ2n) is 4.00. The highest BCUT2D eigenvalue weighted by Crippen LogP contribution is 2.26. The van der Waals surface area contributed by atoms with Crippen LogP contribution >= 0.6 is 11.6 Å². The van der Waals surface area contributed by atoms with E-state index in [2.05, 4.69) is 20.6 Å². The lowest BCUT2D eigenvalue weighted by molar-refractivity contribution is 0.628. The van der Waals surface area contributed by atoms with Crippen molar-refractivity contribution in [1.82, 2.24) is 9.97 Å². The Morgan fingerprint density at radius 1 is 1.37 bits per heavy atom. The van der Waals surface area contributed by atoms with Crippen molar-refractivity contribution in [1.29, 1.82) is 0 Å². The van der Waals surface area contributed by atoms with Crippen molar-refractivity contribution in [3.05, 3.63) is 40.8 Å². The summed E-state index contributed by atoms with van der Waals surface area (Å²) < 4.78 is 13.2. The number of aryl methyl sites for hydroxylation is 1.